The van der Waals surface area contributed by atoms with Crippen molar-refractivity contribution < 1.29 is 4.79 Å². The van der Waals surface area contributed by atoms with E-state index in [9.17, 15) is 4.79 Å². The van der Waals surface area contributed by atoms with Gasteiger partial charge in [0.15, 0.2) is 5.78 Å². The maximum Gasteiger partial charge on any atom is 0.214 e. The fourth-order valence-corrected chi connectivity index (χ4v) is 4.34. The van der Waals surface area contributed by atoms with Gasteiger partial charge in [0, 0.05) is 5.56 Å². The molecule has 0 saturated carbocycles. The van der Waals surface area contributed by atoms with Crippen LogP contribution in [0.5, 0.6) is 0 Å². The summed E-state index contributed by atoms with van der Waals surface area (Å²) >= 11 is 1.38. The Labute approximate surface area is 169 Å². The summed E-state index contributed by atoms with van der Waals surface area (Å²) in [6, 6.07) is 14.4. The van der Waals surface area contributed by atoms with Gasteiger partial charge in [0.2, 0.25) is 5.16 Å². The molecule has 1 heterocycles. The Bertz CT molecular complexity index is 978. The molecule has 6 heteroatoms. The first kappa shape index (κ1) is 18.9. The molecule has 0 radical (unpaired) electrons. The summed E-state index contributed by atoms with van der Waals surface area (Å²) in [6.07, 6.45) is 4.66. The van der Waals surface area contributed by atoms with Gasteiger partial charge >= 0.3 is 0 Å². The number of aromatic nitrogens is 4. The van der Waals surface area contributed by atoms with Gasteiger partial charge in [-0.15, -0.1) is 5.10 Å². The molecule has 1 aliphatic carbocycles. The molecule has 144 valence electrons. The van der Waals surface area contributed by atoms with Gasteiger partial charge in [-0.1, -0.05) is 49.9 Å². The maximum atomic E-state index is 12.7. The predicted octanol–water partition coefficient (Wildman–Crippen LogP) is 4.64. The molecular formula is C22H24N4OS. The maximum absolute atomic E-state index is 12.7. The SMILES string of the molecule is CC(C)c1ccc(-n2nnnc2SCC(=O)c2ccc3c(c2)CCCC3)cc1. The van der Waals surface area contributed by atoms with Crippen LogP contribution in [0.3, 0.4) is 0 Å². The highest BCUT2D eigenvalue weighted by molar-refractivity contribution is 7.99. The molecular weight excluding hydrogens is 368 g/mol. The van der Waals surface area contributed by atoms with Gasteiger partial charge in [-0.25, -0.2) is 0 Å². The van der Waals surface area contributed by atoms with E-state index in [-0.39, 0.29) is 5.78 Å². The Morgan fingerprint density at radius 2 is 1.82 bits per heavy atom. The Balaban J connectivity index is 1.46. The molecule has 4 rings (SSSR count). The van der Waals surface area contributed by atoms with Gasteiger partial charge in [0.05, 0.1) is 11.4 Å². The molecule has 0 saturated heterocycles. The number of ketones is 1. The summed E-state index contributed by atoms with van der Waals surface area (Å²) in [5.74, 6) is 0.914. The van der Waals surface area contributed by atoms with Crippen LogP contribution in [0.15, 0.2) is 47.6 Å². The first-order chi connectivity index (χ1) is 13.6. The van der Waals surface area contributed by atoms with Crippen molar-refractivity contribution in [1.29, 1.82) is 0 Å². The molecule has 0 bridgehead atoms. The van der Waals surface area contributed by atoms with E-state index >= 15 is 0 Å². The summed E-state index contributed by atoms with van der Waals surface area (Å²) < 4.78 is 1.69. The minimum absolute atomic E-state index is 0.114. The van der Waals surface area contributed by atoms with E-state index in [1.54, 1.807) is 4.68 Å². The molecule has 0 unspecified atom stereocenters. The average Bonchev–Trinajstić information content (AvgIpc) is 3.20. The molecule has 0 amide bonds. The molecule has 1 aliphatic rings. The number of carbonyl (C=O) groups excluding carboxylic acids is 1. The van der Waals surface area contributed by atoms with Crippen LogP contribution in [0, 0.1) is 0 Å². The second-order valence-electron chi connectivity index (χ2n) is 7.52. The van der Waals surface area contributed by atoms with E-state index in [0.717, 1.165) is 24.1 Å². The van der Waals surface area contributed by atoms with Crippen LogP contribution >= 0.6 is 11.8 Å². The number of hydrogen-bond acceptors (Lipinski definition) is 5. The number of fused-ring (bicyclic) bond motifs is 1. The van der Waals surface area contributed by atoms with E-state index in [0.29, 0.717) is 16.8 Å². The van der Waals surface area contributed by atoms with Gasteiger partial charge in [-0.2, -0.15) is 4.68 Å². The summed E-state index contributed by atoms with van der Waals surface area (Å²) in [6.45, 7) is 4.33. The second kappa shape index (κ2) is 8.27. The van der Waals surface area contributed by atoms with Gasteiger partial charge < -0.3 is 0 Å². The highest BCUT2D eigenvalue weighted by Crippen LogP contribution is 2.25. The molecule has 5 nitrogen and oxygen atoms in total. The topological polar surface area (TPSA) is 60.7 Å². The number of hydrogen-bond donors (Lipinski definition) is 0. The lowest BCUT2D eigenvalue weighted by molar-refractivity contribution is 0.102. The first-order valence-corrected chi connectivity index (χ1v) is 10.8. The molecule has 3 aromatic rings. The first-order valence-electron chi connectivity index (χ1n) is 9.78. The third kappa shape index (κ3) is 4.02. The smallest absolute Gasteiger partial charge is 0.214 e. The number of Topliss-reactive ketones (excluding diaryl/α,β-unsaturated/α-hetero) is 1. The average molecular weight is 393 g/mol. The highest BCUT2D eigenvalue weighted by Gasteiger charge is 2.15. The zero-order valence-corrected chi connectivity index (χ0v) is 17.1. The van der Waals surface area contributed by atoms with Crippen molar-refractivity contribution in [3.8, 4) is 5.69 Å². The van der Waals surface area contributed by atoms with Crippen LogP contribution in [-0.4, -0.2) is 31.7 Å². The fraction of sp³-hybridized carbons (Fsp3) is 0.364. The number of tetrazole rings is 1. The lowest BCUT2D eigenvalue weighted by atomic mass is 9.90. The Kier molecular flexibility index (Phi) is 5.57. The monoisotopic (exact) mass is 392 g/mol. The standard InChI is InChI=1S/C22H24N4OS/c1-15(2)16-9-11-20(12-10-16)26-22(23-24-25-26)28-14-21(27)19-8-7-17-5-3-4-6-18(17)13-19/h7-13,15H,3-6,14H2,1-2H3. The quantitative estimate of drug-likeness (QED) is 0.452. The Hall–Kier alpha value is -2.47. The minimum Gasteiger partial charge on any atom is -0.293 e. The van der Waals surface area contributed by atoms with Crippen molar-refractivity contribution in [2.24, 2.45) is 0 Å². The Morgan fingerprint density at radius 3 is 2.57 bits per heavy atom. The van der Waals surface area contributed by atoms with E-state index in [4.69, 9.17) is 0 Å². The largest absolute Gasteiger partial charge is 0.293 e. The number of carbonyl (C=O) groups is 1. The van der Waals surface area contributed by atoms with Crippen molar-refractivity contribution in [3.63, 3.8) is 0 Å². The molecule has 0 spiro atoms. The van der Waals surface area contributed by atoms with Crippen LogP contribution < -0.4 is 0 Å². The van der Waals surface area contributed by atoms with Gasteiger partial charge in [-0.05, 0) is 76.9 Å². The number of nitrogens with zero attached hydrogens (tertiary/aromatic N) is 4. The van der Waals surface area contributed by atoms with Crippen LogP contribution in [0.1, 0.15) is 59.7 Å². The van der Waals surface area contributed by atoms with Gasteiger partial charge in [-0.3, -0.25) is 4.79 Å². The summed E-state index contributed by atoms with van der Waals surface area (Å²) in [7, 11) is 0. The molecule has 0 atom stereocenters. The van der Waals surface area contributed by atoms with Crippen LogP contribution in [0.25, 0.3) is 5.69 Å². The number of benzene rings is 2. The lowest BCUT2D eigenvalue weighted by Gasteiger charge is -2.16. The molecule has 0 fully saturated rings. The van der Waals surface area contributed by atoms with Crippen LogP contribution in [-0.2, 0) is 12.8 Å². The third-order valence-electron chi connectivity index (χ3n) is 5.25. The minimum atomic E-state index is 0.114. The lowest BCUT2D eigenvalue weighted by Crippen LogP contribution is -2.08. The number of rotatable bonds is 6. The molecule has 0 N–H and O–H groups in total. The molecule has 28 heavy (non-hydrogen) atoms. The van der Waals surface area contributed by atoms with Crippen LogP contribution in [0.4, 0.5) is 0 Å². The van der Waals surface area contributed by atoms with E-state index in [2.05, 4.69) is 53.6 Å². The van der Waals surface area contributed by atoms with Crippen LogP contribution in [0.2, 0.25) is 0 Å². The summed E-state index contributed by atoms with van der Waals surface area (Å²) in [4.78, 5) is 12.7. The number of aryl methyl sites for hydroxylation is 2. The zero-order chi connectivity index (χ0) is 19.5. The van der Waals surface area contributed by atoms with Crippen molar-refractivity contribution in [3.05, 3.63) is 64.7 Å². The molecule has 1 aromatic heterocycles. The van der Waals surface area contributed by atoms with Crippen molar-refractivity contribution in [2.45, 2.75) is 50.6 Å². The molecule has 0 aliphatic heterocycles. The summed E-state index contributed by atoms with van der Waals surface area (Å²) in [5.41, 5.74) is 5.68. The van der Waals surface area contributed by atoms with E-state index < -0.39 is 0 Å². The highest BCUT2D eigenvalue weighted by atomic mass is 32.2. The van der Waals surface area contributed by atoms with Gasteiger partial charge in [0.25, 0.3) is 0 Å². The van der Waals surface area contributed by atoms with E-state index in [1.165, 1.54) is 41.3 Å². The van der Waals surface area contributed by atoms with Crippen molar-refractivity contribution >= 4 is 17.5 Å². The van der Waals surface area contributed by atoms with Crippen molar-refractivity contribution in [2.75, 3.05) is 5.75 Å². The van der Waals surface area contributed by atoms with Gasteiger partial charge in [0.1, 0.15) is 0 Å². The van der Waals surface area contributed by atoms with E-state index in [1.807, 2.05) is 18.2 Å². The zero-order valence-electron chi connectivity index (χ0n) is 16.3. The predicted molar refractivity (Wildman–Crippen MR) is 111 cm³/mol. The van der Waals surface area contributed by atoms with Crippen molar-refractivity contribution in [1.82, 2.24) is 20.2 Å². The third-order valence-corrected chi connectivity index (χ3v) is 6.17. The second-order valence-corrected chi connectivity index (χ2v) is 8.46. The summed E-state index contributed by atoms with van der Waals surface area (Å²) in [5, 5.41) is 12.6. The fourth-order valence-electron chi connectivity index (χ4n) is 3.55. The normalized spacial score (nSPS) is 13.5. The molecule has 2 aromatic carbocycles. The Morgan fingerprint density at radius 1 is 1.07 bits per heavy atom. The number of thioether (sulfide) groups is 1.